The molecular formula is C28H28N4O8S. The molecule has 12 nitrogen and oxygen atoms in total. The highest BCUT2D eigenvalue weighted by molar-refractivity contribution is 7.86. The van der Waals surface area contributed by atoms with Crippen molar-refractivity contribution in [2.75, 3.05) is 11.6 Å². The van der Waals surface area contributed by atoms with Gasteiger partial charge in [-0.3, -0.25) is 15.0 Å². The molecule has 0 bridgehead atoms. The van der Waals surface area contributed by atoms with Crippen molar-refractivity contribution >= 4 is 45.4 Å². The summed E-state index contributed by atoms with van der Waals surface area (Å²) >= 11 is 0. The molecule has 1 atom stereocenters. The molecule has 0 fully saturated rings. The highest BCUT2D eigenvalue weighted by Gasteiger charge is 2.27. The van der Waals surface area contributed by atoms with Crippen LogP contribution in [0.3, 0.4) is 0 Å². The maximum Gasteiger partial charge on any atom is 0.354 e. The Morgan fingerprint density at radius 2 is 1.46 bits per heavy atom. The molecule has 214 valence electrons. The summed E-state index contributed by atoms with van der Waals surface area (Å²) in [5.74, 6) is -4.52. The van der Waals surface area contributed by atoms with Gasteiger partial charge < -0.3 is 25.7 Å². The van der Waals surface area contributed by atoms with Crippen LogP contribution in [0.2, 0.25) is 0 Å². The predicted octanol–water partition coefficient (Wildman–Crippen LogP) is 2.85. The summed E-state index contributed by atoms with van der Waals surface area (Å²) in [4.78, 5) is 50.7. The lowest BCUT2D eigenvalue weighted by atomic mass is 9.93. The van der Waals surface area contributed by atoms with Gasteiger partial charge in [0.15, 0.2) is 0 Å². The van der Waals surface area contributed by atoms with E-state index in [1.807, 2.05) is 0 Å². The summed E-state index contributed by atoms with van der Waals surface area (Å²) < 4.78 is 28.1. The van der Waals surface area contributed by atoms with Crippen molar-refractivity contribution in [2.24, 2.45) is 11.7 Å². The van der Waals surface area contributed by atoms with E-state index >= 15 is 0 Å². The Balaban J connectivity index is 2.06. The number of hydrogen-bond acceptors (Lipinski definition) is 8. The van der Waals surface area contributed by atoms with Gasteiger partial charge in [-0.1, -0.05) is 38.1 Å². The second-order valence-electron chi connectivity index (χ2n) is 9.36. The fourth-order valence-corrected chi connectivity index (χ4v) is 4.22. The van der Waals surface area contributed by atoms with E-state index in [2.05, 4.69) is 14.8 Å². The summed E-state index contributed by atoms with van der Waals surface area (Å²) in [6.45, 7) is 3.22. The molecule has 0 aliphatic rings. The quantitative estimate of drug-likeness (QED) is 0.136. The fourth-order valence-electron chi connectivity index (χ4n) is 3.86. The van der Waals surface area contributed by atoms with Crippen molar-refractivity contribution in [3.63, 3.8) is 0 Å². The fraction of sp³-hybridized carbons (Fsp3) is 0.179. The number of carboxylic acids is 1. The van der Waals surface area contributed by atoms with Gasteiger partial charge in [0, 0.05) is 22.4 Å². The van der Waals surface area contributed by atoms with Crippen LogP contribution in [0, 0.1) is 11.3 Å². The predicted molar refractivity (Wildman–Crippen MR) is 151 cm³/mol. The molecule has 0 aromatic heterocycles. The molecule has 2 amide bonds. The summed E-state index contributed by atoms with van der Waals surface area (Å²) in [6.07, 6.45) is 0.681. The molecule has 0 spiro atoms. The Bertz CT molecular complexity index is 1630. The topological polar surface area (TPSA) is 206 Å². The first-order valence-electron chi connectivity index (χ1n) is 12.1. The van der Waals surface area contributed by atoms with Crippen LogP contribution in [-0.2, 0) is 19.1 Å². The Morgan fingerprint density at radius 1 is 0.878 bits per heavy atom. The SMILES string of the molecule is CC(C)C(NC(=O)c1ccc(-c2ccccc2C(=O)Nc2ccc(C(=N)N)cc2)c(C(=O)OS(C)(=O)=O)c1)C(=O)O. The number of anilines is 1. The highest BCUT2D eigenvalue weighted by Crippen LogP contribution is 2.30. The number of nitrogens with one attached hydrogen (secondary N) is 3. The summed E-state index contributed by atoms with van der Waals surface area (Å²) in [7, 11) is -4.25. The first kappa shape index (κ1) is 30.5. The Labute approximate surface area is 236 Å². The number of carboxylic acid groups (broad SMARTS) is 1. The minimum absolute atomic E-state index is 0.0894. The van der Waals surface area contributed by atoms with Crippen molar-refractivity contribution in [2.45, 2.75) is 19.9 Å². The van der Waals surface area contributed by atoms with Gasteiger partial charge in [-0.2, -0.15) is 8.42 Å². The lowest BCUT2D eigenvalue weighted by Crippen LogP contribution is -2.44. The lowest BCUT2D eigenvalue weighted by Gasteiger charge is -2.19. The van der Waals surface area contributed by atoms with Crippen molar-refractivity contribution in [3.05, 3.63) is 89.0 Å². The Kier molecular flexibility index (Phi) is 9.24. The molecule has 3 aromatic rings. The van der Waals surface area contributed by atoms with E-state index in [1.54, 1.807) is 50.2 Å². The van der Waals surface area contributed by atoms with E-state index in [9.17, 15) is 32.7 Å². The van der Waals surface area contributed by atoms with Crippen molar-refractivity contribution in [1.29, 1.82) is 5.41 Å². The normalized spacial score (nSPS) is 11.8. The van der Waals surface area contributed by atoms with Gasteiger partial charge in [0.1, 0.15) is 11.9 Å². The van der Waals surface area contributed by atoms with Crippen LogP contribution >= 0.6 is 0 Å². The van der Waals surface area contributed by atoms with E-state index in [0.29, 0.717) is 17.5 Å². The van der Waals surface area contributed by atoms with Crippen LogP contribution in [0.5, 0.6) is 0 Å². The number of amides is 2. The number of aliphatic carboxylic acids is 1. The first-order chi connectivity index (χ1) is 19.2. The number of amidine groups is 1. The molecule has 6 N–H and O–H groups in total. The van der Waals surface area contributed by atoms with Gasteiger partial charge in [-0.15, -0.1) is 0 Å². The van der Waals surface area contributed by atoms with Crippen LogP contribution in [0.25, 0.3) is 11.1 Å². The van der Waals surface area contributed by atoms with Crippen molar-refractivity contribution in [3.8, 4) is 11.1 Å². The average Bonchev–Trinajstić information content (AvgIpc) is 2.90. The number of hydrogen-bond donors (Lipinski definition) is 5. The summed E-state index contributed by atoms with van der Waals surface area (Å²) in [6, 6.07) is 14.9. The molecule has 0 saturated carbocycles. The van der Waals surface area contributed by atoms with Crippen LogP contribution in [-0.4, -0.2) is 55.4 Å². The smallest absolute Gasteiger partial charge is 0.354 e. The average molecular weight is 581 g/mol. The molecule has 3 rings (SSSR count). The monoisotopic (exact) mass is 580 g/mol. The highest BCUT2D eigenvalue weighted by atomic mass is 32.2. The maximum atomic E-state index is 13.3. The van der Waals surface area contributed by atoms with E-state index in [4.69, 9.17) is 11.1 Å². The summed E-state index contributed by atoms with van der Waals surface area (Å²) in [5, 5.41) is 22.0. The molecule has 1 unspecified atom stereocenters. The molecule has 13 heteroatoms. The third kappa shape index (κ3) is 7.76. The van der Waals surface area contributed by atoms with E-state index < -0.39 is 45.8 Å². The zero-order valence-electron chi connectivity index (χ0n) is 22.3. The van der Waals surface area contributed by atoms with Crippen molar-refractivity contribution < 1.29 is 36.9 Å². The van der Waals surface area contributed by atoms with Gasteiger partial charge in [-0.05, 0) is 59.5 Å². The molecule has 0 aliphatic heterocycles. The van der Waals surface area contributed by atoms with Gasteiger partial charge >= 0.3 is 22.1 Å². The molecule has 0 saturated heterocycles. The number of carbonyl (C=O) groups excluding carboxylic acids is 3. The van der Waals surface area contributed by atoms with Crippen LogP contribution in [0.1, 0.15) is 50.5 Å². The zero-order chi connectivity index (χ0) is 30.5. The van der Waals surface area contributed by atoms with Crippen LogP contribution in [0.4, 0.5) is 5.69 Å². The minimum atomic E-state index is -4.25. The largest absolute Gasteiger partial charge is 0.480 e. The minimum Gasteiger partial charge on any atom is -0.480 e. The van der Waals surface area contributed by atoms with Gasteiger partial charge in [-0.25, -0.2) is 9.59 Å². The Hall–Kier alpha value is -5.04. The van der Waals surface area contributed by atoms with E-state index in [1.165, 1.54) is 24.3 Å². The third-order valence-electron chi connectivity index (χ3n) is 5.86. The standard InChI is InChI=1S/C28H28N4O8S/c1-15(2)23(27(35)36)32-25(33)17-10-13-20(22(14-17)28(37)40-41(3,38)39)19-6-4-5-7-21(19)26(34)31-18-11-8-16(9-12-18)24(29)30/h4-15,23H,1-3H3,(H3,29,30)(H,31,34)(H,32,33)(H,35,36). The third-order valence-corrected chi connectivity index (χ3v) is 6.32. The number of carbonyl (C=O) groups is 4. The maximum absolute atomic E-state index is 13.3. The Morgan fingerprint density at radius 3 is 2.02 bits per heavy atom. The lowest BCUT2D eigenvalue weighted by molar-refractivity contribution is -0.140. The molecular weight excluding hydrogens is 552 g/mol. The number of benzene rings is 3. The number of nitrogen functional groups attached to an aromatic ring is 1. The first-order valence-corrected chi connectivity index (χ1v) is 14.0. The van der Waals surface area contributed by atoms with Gasteiger partial charge in [0.25, 0.3) is 11.8 Å². The van der Waals surface area contributed by atoms with E-state index in [0.717, 1.165) is 6.07 Å². The molecule has 0 radical (unpaired) electrons. The second kappa shape index (κ2) is 12.4. The van der Waals surface area contributed by atoms with Crippen molar-refractivity contribution in [1.82, 2.24) is 5.32 Å². The zero-order valence-corrected chi connectivity index (χ0v) is 23.1. The molecule has 0 heterocycles. The van der Waals surface area contributed by atoms with E-state index in [-0.39, 0.29) is 33.7 Å². The van der Waals surface area contributed by atoms with Gasteiger partial charge in [0.05, 0.1) is 11.8 Å². The number of rotatable bonds is 10. The number of nitrogens with two attached hydrogens (primary N) is 1. The molecule has 41 heavy (non-hydrogen) atoms. The summed E-state index contributed by atoms with van der Waals surface area (Å²) in [5.41, 5.74) is 6.28. The van der Waals surface area contributed by atoms with Crippen LogP contribution < -0.4 is 16.4 Å². The second-order valence-corrected chi connectivity index (χ2v) is 10.9. The van der Waals surface area contributed by atoms with Gasteiger partial charge in [0.2, 0.25) is 0 Å². The molecule has 3 aromatic carbocycles. The van der Waals surface area contributed by atoms with Crippen LogP contribution in [0.15, 0.2) is 66.7 Å². The molecule has 0 aliphatic carbocycles.